The van der Waals surface area contributed by atoms with Crippen molar-refractivity contribution in [3.05, 3.63) is 60.3 Å². The van der Waals surface area contributed by atoms with Crippen LogP contribution in [0, 0.1) is 22.5 Å². The van der Waals surface area contributed by atoms with Gasteiger partial charge in [0.05, 0.1) is 28.0 Å². The first kappa shape index (κ1) is 20.9. The first-order valence-electron chi connectivity index (χ1n) is 9.12. The molecule has 0 fully saturated rings. The van der Waals surface area contributed by atoms with Crippen LogP contribution in [0.2, 0.25) is 0 Å². The Hall–Kier alpha value is -4.31. The molecule has 1 aromatic carbocycles. The molecule has 0 aliphatic rings. The van der Waals surface area contributed by atoms with Crippen LogP contribution in [0.3, 0.4) is 0 Å². The van der Waals surface area contributed by atoms with Gasteiger partial charge in [-0.2, -0.15) is 4.99 Å². The lowest BCUT2D eigenvalue weighted by Crippen LogP contribution is -2.37. The molecule has 0 N–H and O–H groups in total. The number of hydrogen-bond acceptors (Lipinski definition) is 7. The van der Waals surface area contributed by atoms with Crippen molar-refractivity contribution in [2.75, 3.05) is 0 Å². The maximum atomic E-state index is 12.7. The molecule has 3 heterocycles. The Morgan fingerprint density at radius 3 is 2.75 bits per heavy atom. The third-order valence-corrected chi connectivity index (χ3v) is 5.91. The first-order valence-corrected chi connectivity index (χ1v) is 9.94. The van der Waals surface area contributed by atoms with E-state index in [0.29, 0.717) is 10.2 Å². The predicted molar refractivity (Wildman–Crippen MR) is 116 cm³/mol. The van der Waals surface area contributed by atoms with Crippen molar-refractivity contribution in [2.45, 2.75) is 13.1 Å². The fourth-order valence-corrected chi connectivity index (χ4v) is 4.39. The van der Waals surface area contributed by atoms with Gasteiger partial charge in [0.2, 0.25) is 0 Å². The van der Waals surface area contributed by atoms with Gasteiger partial charge in [0.25, 0.3) is 17.2 Å². The first-order chi connectivity index (χ1) is 15.2. The third-order valence-electron chi connectivity index (χ3n) is 4.87. The van der Waals surface area contributed by atoms with Crippen LogP contribution in [-0.4, -0.2) is 34.1 Å². The fraction of sp³-hybridized carbons (Fsp3) is 0.211. The lowest BCUT2D eigenvalue weighted by Gasteiger charge is -2.05. The average Bonchev–Trinajstić information content (AvgIpc) is 3.32. The van der Waals surface area contributed by atoms with E-state index in [0.717, 1.165) is 15.9 Å². The van der Waals surface area contributed by atoms with Gasteiger partial charge in [0.1, 0.15) is 6.54 Å². The minimum Gasteiger partial charge on any atom is -0.315 e. The molecular formula is C19H15N7O5S. The second kappa shape index (κ2) is 7.75. The van der Waals surface area contributed by atoms with E-state index in [9.17, 15) is 24.5 Å². The van der Waals surface area contributed by atoms with Gasteiger partial charge in [0, 0.05) is 26.2 Å². The molecule has 0 saturated carbocycles. The number of nitro groups is 1. The highest BCUT2D eigenvalue weighted by atomic mass is 32.1. The largest absolute Gasteiger partial charge is 0.332 e. The van der Waals surface area contributed by atoms with E-state index >= 15 is 0 Å². The molecule has 12 nitrogen and oxygen atoms in total. The molecule has 162 valence electrons. The van der Waals surface area contributed by atoms with Gasteiger partial charge < -0.3 is 9.13 Å². The van der Waals surface area contributed by atoms with E-state index in [1.54, 1.807) is 10.6 Å². The van der Waals surface area contributed by atoms with Crippen molar-refractivity contribution in [2.24, 2.45) is 19.1 Å². The van der Waals surface area contributed by atoms with Crippen LogP contribution in [0.5, 0.6) is 0 Å². The Bertz CT molecular complexity index is 1660. The minimum atomic E-state index is -0.591. The molecule has 3 aromatic heterocycles. The summed E-state index contributed by atoms with van der Waals surface area (Å²) in [4.78, 5) is 56.3. The van der Waals surface area contributed by atoms with E-state index < -0.39 is 22.1 Å². The van der Waals surface area contributed by atoms with Crippen LogP contribution in [0.4, 0.5) is 5.69 Å². The third kappa shape index (κ3) is 3.32. The molecular weight excluding hydrogens is 438 g/mol. The van der Waals surface area contributed by atoms with E-state index in [2.05, 4.69) is 15.9 Å². The molecule has 13 heteroatoms. The number of imidazole rings is 1. The summed E-state index contributed by atoms with van der Waals surface area (Å²) in [6.07, 6.45) is 6.73. The lowest BCUT2D eigenvalue weighted by molar-refractivity contribution is -0.384. The summed E-state index contributed by atoms with van der Waals surface area (Å²) in [5.41, 5.74) is -0.328. The number of hydrogen-bond donors (Lipinski definition) is 0. The summed E-state index contributed by atoms with van der Waals surface area (Å²) < 4.78 is 5.64. The summed E-state index contributed by atoms with van der Waals surface area (Å²) in [7, 11) is 2.82. The average molecular weight is 453 g/mol. The number of non-ortho nitro benzene ring substituents is 1. The van der Waals surface area contributed by atoms with E-state index in [-0.39, 0.29) is 34.7 Å². The topological polar surface area (TPSA) is 139 Å². The van der Waals surface area contributed by atoms with Crippen LogP contribution in [0.25, 0.3) is 21.4 Å². The molecule has 0 atom stereocenters. The van der Waals surface area contributed by atoms with Gasteiger partial charge in [-0.05, 0) is 6.07 Å². The number of terminal acetylenes is 1. The van der Waals surface area contributed by atoms with Crippen LogP contribution in [0.1, 0.15) is 0 Å². The number of fused-ring (bicyclic) bond motifs is 2. The maximum Gasteiger partial charge on any atom is 0.332 e. The molecule has 0 aliphatic heterocycles. The van der Waals surface area contributed by atoms with Crippen molar-refractivity contribution in [3.8, 4) is 12.3 Å². The summed E-state index contributed by atoms with van der Waals surface area (Å²) in [6, 6.07) is 4.30. The van der Waals surface area contributed by atoms with Gasteiger partial charge in [-0.1, -0.05) is 17.3 Å². The number of carbonyl (C=O) groups is 1. The number of aromatic nitrogens is 5. The van der Waals surface area contributed by atoms with Gasteiger partial charge in [-0.15, -0.1) is 6.42 Å². The number of carbonyl (C=O) groups excluding carboxylic acids is 1. The second-order valence-electron chi connectivity index (χ2n) is 6.84. The second-order valence-corrected chi connectivity index (χ2v) is 7.85. The number of nitro benzene ring substituents is 1. The van der Waals surface area contributed by atoms with E-state index in [1.165, 1.54) is 41.7 Å². The highest BCUT2D eigenvalue weighted by Gasteiger charge is 2.17. The Labute approximate surface area is 182 Å². The molecule has 1 amide bonds. The number of thiazole rings is 1. The summed E-state index contributed by atoms with van der Waals surface area (Å²) in [6.45, 7) is -0.186. The molecule has 0 aliphatic carbocycles. The SMILES string of the molecule is C#CCn1c(=NC(=O)Cn2cnc3c2c(=O)n(C)c(=O)n3C)sc2cc([N+](=O)[O-])ccc21. The molecule has 0 radical (unpaired) electrons. The molecule has 0 saturated heterocycles. The minimum absolute atomic E-state index is 0.0872. The van der Waals surface area contributed by atoms with Gasteiger partial charge in [-0.25, -0.2) is 9.78 Å². The molecule has 32 heavy (non-hydrogen) atoms. The number of rotatable bonds is 4. The number of aryl methyl sites for hydroxylation is 1. The molecule has 0 spiro atoms. The van der Waals surface area contributed by atoms with Crippen LogP contribution in [-0.2, 0) is 32.0 Å². The normalized spacial score (nSPS) is 11.8. The van der Waals surface area contributed by atoms with Crippen molar-refractivity contribution in [3.63, 3.8) is 0 Å². The molecule has 4 aromatic rings. The van der Waals surface area contributed by atoms with E-state index in [4.69, 9.17) is 6.42 Å². The summed E-state index contributed by atoms with van der Waals surface area (Å²) >= 11 is 1.09. The standard InChI is InChI=1S/C19H15N7O5S/c1-4-7-25-12-6-5-11(26(30)31)8-13(12)32-18(25)21-14(27)9-24-10-20-16-15(24)17(28)23(3)19(29)22(16)2/h1,5-6,8,10H,7,9H2,2-3H3. The van der Waals surface area contributed by atoms with Crippen LogP contribution >= 0.6 is 11.3 Å². The Balaban J connectivity index is 1.80. The zero-order chi connectivity index (χ0) is 23.2. The zero-order valence-corrected chi connectivity index (χ0v) is 17.7. The number of amides is 1. The van der Waals surface area contributed by atoms with Crippen LogP contribution in [0.15, 0.2) is 39.1 Å². The van der Waals surface area contributed by atoms with Crippen LogP contribution < -0.4 is 16.1 Å². The van der Waals surface area contributed by atoms with E-state index in [1.807, 2.05) is 0 Å². The Morgan fingerprint density at radius 2 is 2.06 bits per heavy atom. The van der Waals surface area contributed by atoms with Crippen molar-refractivity contribution in [1.29, 1.82) is 0 Å². The quantitative estimate of drug-likeness (QED) is 0.244. The number of benzene rings is 1. The van der Waals surface area contributed by atoms with Crippen molar-refractivity contribution < 1.29 is 9.72 Å². The monoisotopic (exact) mass is 453 g/mol. The summed E-state index contributed by atoms with van der Waals surface area (Å²) in [5.74, 6) is 1.89. The molecule has 4 rings (SSSR count). The Morgan fingerprint density at radius 1 is 1.31 bits per heavy atom. The van der Waals surface area contributed by atoms with Gasteiger partial charge >= 0.3 is 5.69 Å². The molecule has 0 unspecified atom stereocenters. The lowest BCUT2D eigenvalue weighted by atomic mass is 10.3. The van der Waals surface area contributed by atoms with Crippen molar-refractivity contribution >= 4 is 44.3 Å². The smallest absolute Gasteiger partial charge is 0.315 e. The number of nitrogens with zero attached hydrogens (tertiary/aromatic N) is 7. The molecule has 0 bridgehead atoms. The highest BCUT2D eigenvalue weighted by molar-refractivity contribution is 7.16. The predicted octanol–water partition coefficient (Wildman–Crippen LogP) is 0.119. The summed E-state index contributed by atoms with van der Waals surface area (Å²) in [5, 5.41) is 11.1. The van der Waals surface area contributed by atoms with Crippen molar-refractivity contribution in [1.82, 2.24) is 23.3 Å². The van der Waals surface area contributed by atoms with Gasteiger partial charge in [0.15, 0.2) is 16.0 Å². The zero-order valence-electron chi connectivity index (χ0n) is 16.9. The van der Waals surface area contributed by atoms with Gasteiger partial charge in [-0.3, -0.25) is 28.8 Å². The Kier molecular flexibility index (Phi) is 5.07. The highest BCUT2D eigenvalue weighted by Crippen LogP contribution is 2.23. The fourth-order valence-electron chi connectivity index (χ4n) is 3.31. The maximum absolute atomic E-state index is 12.7.